The van der Waals surface area contributed by atoms with Crippen LogP contribution >= 0.6 is 23.2 Å². The number of anilines is 2. The summed E-state index contributed by atoms with van der Waals surface area (Å²) in [7, 11) is -2.60. The largest absolute Gasteiger partial charge is 0.341 e. The number of piperazine rings is 1. The van der Waals surface area contributed by atoms with E-state index in [2.05, 4.69) is 16.4 Å². The number of nitriles is 1. The standard InChI is InChI=1S/C26H25Cl2N7O4S/c1-26(14-17-3-5-18(15-29)6-4-17)23(36)34(21-12-19(27)11-20(28)13-21)24-31-16-22(35(24)26)40(38,39)33-9-7-32(8-10-33)25(37)30-2/h3-6,11-13,16H,7-10,14H2,1-2H3,(H,30,37). The van der Waals surface area contributed by atoms with Gasteiger partial charge in [0.05, 0.1) is 23.5 Å². The molecule has 2 aliphatic rings. The van der Waals surface area contributed by atoms with E-state index in [1.807, 2.05) is 0 Å². The lowest BCUT2D eigenvalue weighted by atomic mass is 9.91. The Kier molecular flexibility index (Phi) is 7.26. The van der Waals surface area contributed by atoms with Crippen molar-refractivity contribution in [2.45, 2.75) is 23.9 Å². The summed E-state index contributed by atoms with van der Waals surface area (Å²) < 4.78 is 30.7. The fraction of sp³-hybridized carbons (Fsp3) is 0.308. The molecule has 3 aromatic rings. The molecular weight excluding hydrogens is 577 g/mol. The van der Waals surface area contributed by atoms with Gasteiger partial charge in [-0.25, -0.2) is 23.1 Å². The number of nitrogens with one attached hydrogen (secondary N) is 1. The van der Waals surface area contributed by atoms with E-state index in [0.29, 0.717) is 21.3 Å². The van der Waals surface area contributed by atoms with Gasteiger partial charge in [-0.1, -0.05) is 35.3 Å². The van der Waals surface area contributed by atoms with E-state index in [1.54, 1.807) is 43.3 Å². The highest BCUT2D eigenvalue weighted by molar-refractivity contribution is 7.89. The van der Waals surface area contributed by atoms with E-state index in [-0.39, 0.29) is 49.6 Å². The Bertz CT molecular complexity index is 1620. The van der Waals surface area contributed by atoms with Gasteiger partial charge in [-0.2, -0.15) is 9.57 Å². The van der Waals surface area contributed by atoms with Crippen LogP contribution in [0.4, 0.5) is 16.4 Å². The van der Waals surface area contributed by atoms with Crippen molar-refractivity contribution >= 4 is 56.8 Å². The molecule has 1 N–H and O–H groups in total. The van der Waals surface area contributed by atoms with Crippen molar-refractivity contribution in [3.05, 3.63) is 69.8 Å². The third kappa shape index (κ3) is 4.69. The van der Waals surface area contributed by atoms with E-state index < -0.39 is 21.5 Å². The van der Waals surface area contributed by atoms with E-state index in [4.69, 9.17) is 23.2 Å². The van der Waals surface area contributed by atoms with Crippen LogP contribution in [0.5, 0.6) is 0 Å². The number of fused-ring (bicyclic) bond motifs is 1. The average Bonchev–Trinajstić information content (AvgIpc) is 3.46. The molecule has 1 fully saturated rings. The van der Waals surface area contributed by atoms with Crippen molar-refractivity contribution in [3.8, 4) is 6.07 Å². The molecule has 40 heavy (non-hydrogen) atoms. The topological polar surface area (TPSA) is 132 Å². The summed E-state index contributed by atoms with van der Waals surface area (Å²) in [6.07, 6.45) is 1.37. The second-order valence-corrected chi connectivity index (χ2v) is 12.5. The number of carbonyl (C=O) groups excluding carboxylic acids is 2. The number of sulfonamides is 1. The van der Waals surface area contributed by atoms with Crippen LogP contribution in [0.25, 0.3) is 0 Å². The molecule has 1 unspecified atom stereocenters. The highest BCUT2D eigenvalue weighted by Crippen LogP contribution is 2.44. The Morgan fingerprint density at radius 2 is 1.73 bits per heavy atom. The molecular formula is C26H25Cl2N7O4S. The van der Waals surface area contributed by atoms with Gasteiger partial charge >= 0.3 is 6.03 Å². The summed E-state index contributed by atoms with van der Waals surface area (Å²) in [6, 6.07) is 13.2. The minimum Gasteiger partial charge on any atom is -0.341 e. The zero-order valence-corrected chi connectivity index (χ0v) is 24.0. The van der Waals surface area contributed by atoms with Crippen LogP contribution in [0.2, 0.25) is 10.0 Å². The lowest BCUT2D eigenvalue weighted by Gasteiger charge is -2.34. The molecule has 0 spiro atoms. The first kappa shape index (κ1) is 27.9. The van der Waals surface area contributed by atoms with E-state index in [1.165, 1.54) is 38.0 Å². The van der Waals surface area contributed by atoms with Gasteiger partial charge in [0.15, 0.2) is 5.03 Å². The average molecular weight is 603 g/mol. The third-order valence-electron chi connectivity index (χ3n) is 7.15. The van der Waals surface area contributed by atoms with Gasteiger partial charge < -0.3 is 10.2 Å². The molecule has 11 nitrogen and oxygen atoms in total. The summed E-state index contributed by atoms with van der Waals surface area (Å²) in [6.45, 7) is 2.27. The van der Waals surface area contributed by atoms with Crippen molar-refractivity contribution in [3.63, 3.8) is 0 Å². The second kappa shape index (κ2) is 10.4. The minimum atomic E-state index is -4.12. The molecule has 1 atom stereocenters. The zero-order chi connectivity index (χ0) is 28.8. The number of hydrogen-bond donors (Lipinski definition) is 1. The smallest absolute Gasteiger partial charge is 0.317 e. The van der Waals surface area contributed by atoms with Gasteiger partial charge in [0.2, 0.25) is 5.95 Å². The van der Waals surface area contributed by atoms with Gasteiger partial charge in [-0.15, -0.1) is 0 Å². The Morgan fingerprint density at radius 1 is 1.10 bits per heavy atom. The lowest BCUT2D eigenvalue weighted by molar-refractivity contribution is -0.124. The van der Waals surface area contributed by atoms with Gasteiger partial charge in [-0.3, -0.25) is 9.36 Å². The molecule has 5 rings (SSSR count). The van der Waals surface area contributed by atoms with E-state index >= 15 is 0 Å². The lowest BCUT2D eigenvalue weighted by Crippen LogP contribution is -2.53. The number of imidazole rings is 1. The van der Waals surface area contributed by atoms with Gasteiger partial charge in [0.25, 0.3) is 15.9 Å². The Labute approximate surface area is 241 Å². The van der Waals surface area contributed by atoms with Crippen LogP contribution in [0, 0.1) is 11.3 Å². The van der Waals surface area contributed by atoms with Crippen LogP contribution in [-0.4, -0.2) is 72.3 Å². The number of benzene rings is 2. The van der Waals surface area contributed by atoms with Crippen molar-refractivity contribution in [2.24, 2.45) is 0 Å². The minimum absolute atomic E-state index is 0.0875. The molecule has 3 amide bonds. The van der Waals surface area contributed by atoms with Gasteiger partial charge in [0, 0.05) is 49.7 Å². The Morgan fingerprint density at radius 3 is 2.30 bits per heavy atom. The molecule has 2 aliphatic heterocycles. The third-order valence-corrected chi connectivity index (χ3v) is 9.45. The van der Waals surface area contributed by atoms with Crippen LogP contribution in [0.3, 0.4) is 0 Å². The number of rotatable bonds is 5. The first-order valence-electron chi connectivity index (χ1n) is 12.3. The van der Waals surface area contributed by atoms with Crippen molar-refractivity contribution in [1.82, 2.24) is 24.1 Å². The number of carbonyl (C=O) groups is 2. The van der Waals surface area contributed by atoms with Crippen LogP contribution < -0.4 is 10.2 Å². The summed E-state index contributed by atoms with van der Waals surface area (Å²) in [4.78, 5) is 33.4. The number of halogens is 2. The maximum absolute atomic E-state index is 14.2. The van der Waals surface area contributed by atoms with Crippen LogP contribution in [-0.2, 0) is 26.8 Å². The molecule has 0 saturated carbocycles. The zero-order valence-electron chi connectivity index (χ0n) is 21.6. The summed E-state index contributed by atoms with van der Waals surface area (Å²) in [5.74, 6) is -0.304. The maximum Gasteiger partial charge on any atom is 0.317 e. The number of aromatic nitrogens is 2. The molecule has 0 aliphatic carbocycles. The molecule has 2 aromatic carbocycles. The fourth-order valence-electron chi connectivity index (χ4n) is 5.13. The maximum atomic E-state index is 14.2. The first-order chi connectivity index (χ1) is 19.0. The monoisotopic (exact) mass is 601 g/mol. The van der Waals surface area contributed by atoms with Gasteiger partial charge in [-0.05, 0) is 42.8 Å². The Hall–Kier alpha value is -3.63. The normalized spacial score (nSPS) is 19.4. The molecule has 1 saturated heterocycles. The van der Waals surface area contributed by atoms with Crippen molar-refractivity contribution in [1.29, 1.82) is 5.26 Å². The highest BCUT2D eigenvalue weighted by Gasteiger charge is 2.52. The van der Waals surface area contributed by atoms with E-state index in [9.17, 15) is 23.3 Å². The van der Waals surface area contributed by atoms with Crippen LogP contribution in [0.1, 0.15) is 18.1 Å². The van der Waals surface area contributed by atoms with Crippen molar-refractivity contribution < 1.29 is 18.0 Å². The molecule has 14 heteroatoms. The number of urea groups is 1. The summed E-state index contributed by atoms with van der Waals surface area (Å²) in [5.41, 5.74) is 0.134. The highest BCUT2D eigenvalue weighted by atomic mass is 35.5. The predicted octanol–water partition coefficient (Wildman–Crippen LogP) is 3.34. The second-order valence-electron chi connectivity index (χ2n) is 9.71. The molecule has 3 heterocycles. The molecule has 0 bridgehead atoms. The summed E-state index contributed by atoms with van der Waals surface area (Å²) >= 11 is 12.5. The van der Waals surface area contributed by atoms with E-state index in [0.717, 1.165) is 5.56 Å². The predicted molar refractivity (Wildman–Crippen MR) is 149 cm³/mol. The number of amides is 3. The SMILES string of the molecule is CNC(=O)N1CCN(S(=O)(=O)c2cnc3n2C(C)(Cc2ccc(C#N)cc2)C(=O)N3c2cc(Cl)cc(Cl)c2)CC1. The number of nitrogens with zero attached hydrogens (tertiary/aromatic N) is 6. The van der Waals surface area contributed by atoms with Gasteiger partial charge in [0.1, 0.15) is 5.54 Å². The molecule has 0 radical (unpaired) electrons. The first-order valence-corrected chi connectivity index (χ1v) is 14.5. The van der Waals surface area contributed by atoms with Crippen molar-refractivity contribution in [2.75, 3.05) is 38.1 Å². The number of hydrogen-bond acceptors (Lipinski definition) is 6. The Balaban J connectivity index is 1.60. The quantitative estimate of drug-likeness (QED) is 0.477. The van der Waals surface area contributed by atoms with Crippen LogP contribution in [0.15, 0.2) is 53.7 Å². The molecule has 208 valence electrons. The fourth-order valence-corrected chi connectivity index (χ4v) is 7.25. The molecule has 1 aromatic heterocycles. The summed E-state index contributed by atoms with van der Waals surface area (Å²) in [5, 5.41) is 12.2.